The molecule has 0 unspecified atom stereocenters. The molecule has 2 rings (SSSR count). The van der Waals surface area contributed by atoms with E-state index in [9.17, 15) is 0 Å². The van der Waals surface area contributed by atoms with Crippen molar-refractivity contribution >= 4 is 38.4 Å². The van der Waals surface area contributed by atoms with E-state index in [0.717, 1.165) is 11.4 Å². The van der Waals surface area contributed by atoms with Gasteiger partial charge in [0.25, 0.3) is 0 Å². The van der Waals surface area contributed by atoms with E-state index >= 15 is 0 Å². The zero-order valence-corrected chi connectivity index (χ0v) is 13.7. The van der Waals surface area contributed by atoms with Gasteiger partial charge in [0.05, 0.1) is 11.4 Å². The van der Waals surface area contributed by atoms with Crippen LogP contribution in [0.15, 0.2) is 58.8 Å². The number of aliphatic imine (C=N–C) groups is 2. The van der Waals surface area contributed by atoms with Crippen LogP contribution in [0.3, 0.4) is 0 Å². The standard InChI is InChI=1S/C18H20N2S/c1-5-10-19-14(3)15(4)20-12-13(2)18-11-16-8-6-7-9-17(16)21-18/h5-12H,1-4H3/b10-5-,13-12+,19-14?,20-15?. The zero-order chi connectivity index (χ0) is 15.2. The lowest BCUT2D eigenvalue weighted by atomic mass is 10.2. The summed E-state index contributed by atoms with van der Waals surface area (Å²) in [5, 5.41) is 1.29. The molecule has 108 valence electrons. The third-order valence-corrected chi connectivity index (χ3v) is 4.46. The number of rotatable bonds is 4. The highest BCUT2D eigenvalue weighted by atomic mass is 32.1. The van der Waals surface area contributed by atoms with Gasteiger partial charge in [-0.15, -0.1) is 11.3 Å². The summed E-state index contributed by atoms with van der Waals surface area (Å²) in [5.41, 5.74) is 3.05. The van der Waals surface area contributed by atoms with Gasteiger partial charge in [0, 0.05) is 22.0 Å². The number of benzene rings is 1. The molecule has 0 fully saturated rings. The fourth-order valence-electron chi connectivity index (χ4n) is 1.81. The summed E-state index contributed by atoms with van der Waals surface area (Å²) >= 11 is 1.80. The maximum absolute atomic E-state index is 4.52. The Morgan fingerprint density at radius 3 is 2.48 bits per heavy atom. The van der Waals surface area contributed by atoms with E-state index in [2.05, 4.69) is 47.2 Å². The number of hydrogen-bond donors (Lipinski definition) is 0. The third kappa shape index (κ3) is 3.99. The van der Waals surface area contributed by atoms with Gasteiger partial charge < -0.3 is 0 Å². The van der Waals surface area contributed by atoms with Crippen LogP contribution in [0.4, 0.5) is 0 Å². The summed E-state index contributed by atoms with van der Waals surface area (Å²) in [6.45, 7) is 8.01. The average Bonchev–Trinajstić information content (AvgIpc) is 2.93. The van der Waals surface area contributed by atoms with Crippen molar-refractivity contribution < 1.29 is 0 Å². The van der Waals surface area contributed by atoms with Crippen molar-refractivity contribution in [1.29, 1.82) is 0 Å². The minimum absolute atomic E-state index is 0.938. The monoisotopic (exact) mass is 296 g/mol. The first-order chi connectivity index (χ1) is 10.1. The first-order valence-corrected chi connectivity index (χ1v) is 7.79. The van der Waals surface area contributed by atoms with E-state index in [1.165, 1.54) is 20.5 Å². The summed E-state index contributed by atoms with van der Waals surface area (Å²) in [5.74, 6) is 0. The van der Waals surface area contributed by atoms with Gasteiger partial charge in [-0.2, -0.15) is 0 Å². The van der Waals surface area contributed by atoms with Crippen LogP contribution in [-0.2, 0) is 0 Å². The average molecular weight is 296 g/mol. The van der Waals surface area contributed by atoms with E-state index < -0.39 is 0 Å². The van der Waals surface area contributed by atoms with Gasteiger partial charge in [-0.05, 0) is 50.8 Å². The van der Waals surface area contributed by atoms with Gasteiger partial charge in [-0.25, -0.2) is 0 Å². The molecule has 0 aliphatic carbocycles. The summed E-state index contributed by atoms with van der Waals surface area (Å²) in [6, 6.07) is 10.7. The highest BCUT2D eigenvalue weighted by molar-refractivity contribution is 7.20. The summed E-state index contributed by atoms with van der Waals surface area (Å²) in [4.78, 5) is 10.1. The molecule has 0 aliphatic heterocycles. The predicted molar refractivity (Wildman–Crippen MR) is 96.5 cm³/mol. The molecule has 1 aromatic heterocycles. The molecule has 0 spiro atoms. The molecule has 0 bridgehead atoms. The van der Waals surface area contributed by atoms with Gasteiger partial charge in [-0.1, -0.05) is 24.3 Å². The second kappa shape index (κ2) is 7.14. The van der Waals surface area contributed by atoms with Crippen LogP contribution >= 0.6 is 11.3 Å². The van der Waals surface area contributed by atoms with E-state index in [1.54, 1.807) is 17.5 Å². The third-order valence-electron chi connectivity index (χ3n) is 3.21. The highest BCUT2D eigenvalue weighted by Crippen LogP contribution is 2.30. The van der Waals surface area contributed by atoms with Crippen LogP contribution in [0, 0.1) is 0 Å². The lowest BCUT2D eigenvalue weighted by molar-refractivity contribution is 1.48. The molecule has 0 atom stereocenters. The molecule has 21 heavy (non-hydrogen) atoms. The lowest BCUT2D eigenvalue weighted by Crippen LogP contribution is -2.03. The first kappa shape index (κ1) is 15.4. The van der Waals surface area contributed by atoms with Crippen molar-refractivity contribution in [2.24, 2.45) is 9.98 Å². The minimum Gasteiger partial charge on any atom is -0.260 e. The minimum atomic E-state index is 0.938. The molecule has 0 amide bonds. The zero-order valence-electron chi connectivity index (χ0n) is 12.9. The molecule has 0 saturated heterocycles. The summed E-state index contributed by atoms with van der Waals surface area (Å²) in [6.07, 6.45) is 5.63. The van der Waals surface area contributed by atoms with Crippen LogP contribution in [0.5, 0.6) is 0 Å². The van der Waals surface area contributed by atoms with Crippen molar-refractivity contribution in [1.82, 2.24) is 0 Å². The molecule has 0 saturated carbocycles. The van der Waals surface area contributed by atoms with Gasteiger partial charge >= 0.3 is 0 Å². The number of allylic oxidation sites excluding steroid dienone is 2. The van der Waals surface area contributed by atoms with Gasteiger partial charge in [-0.3, -0.25) is 9.98 Å². The summed E-state index contributed by atoms with van der Waals surface area (Å²) in [7, 11) is 0. The molecule has 0 N–H and O–H groups in total. The molecule has 3 heteroatoms. The molecule has 0 aliphatic rings. The molecule has 0 radical (unpaired) electrons. The van der Waals surface area contributed by atoms with Crippen LogP contribution in [0.2, 0.25) is 0 Å². The van der Waals surface area contributed by atoms with Gasteiger partial charge in [0.15, 0.2) is 0 Å². The second-order valence-corrected chi connectivity index (χ2v) is 5.96. The Bertz CT molecular complexity index is 712. The Labute approximate surface area is 130 Å². The molecule has 2 aromatic rings. The lowest BCUT2D eigenvalue weighted by Gasteiger charge is -1.97. The molecular formula is C18H20N2S. The van der Waals surface area contributed by atoms with Crippen LogP contribution in [0.25, 0.3) is 15.7 Å². The molecule has 1 heterocycles. The highest BCUT2D eigenvalue weighted by Gasteiger charge is 2.02. The second-order valence-electron chi connectivity index (χ2n) is 4.87. The van der Waals surface area contributed by atoms with Crippen LogP contribution in [0.1, 0.15) is 32.6 Å². The first-order valence-electron chi connectivity index (χ1n) is 6.98. The molecule has 2 nitrogen and oxygen atoms in total. The number of fused-ring (bicyclic) bond motifs is 1. The Morgan fingerprint density at radius 2 is 1.76 bits per heavy atom. The fourth-order valence-corrected chi connectivity index (χ4v) is 2.83. The Kier molecular flexibility index (Phi) is 5.23. The topological polar surface area (TPSA) is 24.7 Å². The van der Waals surface area contributed by atoms with Crippen molar-refractivity contribution in [3.8, 4) is 0 Å². The molecular weight excluding hydrogens is 276 g/mol. The quantitative estimate of drug-likeness (QED) is 0.645. The van der Waals surface area contributed by atoms with E-state index in [1.807, 2.05) is 33.0 Å². The molecule has 1 aromatic carbocycles. The Hall–Kier alpha value is -2.00. The summed E-state index contributed by atoms with van der Waals surface area (Å²) < 4.78 is 1.31. The number of nitrogens with zero attached hydrogens (tertiary/aromatic N) is 2. The Balaban J connectivity index is 2.24. The largest absolute Gasteiger partial charge is 0.260 e. The van der Waals surface area contributed by atoms with Gasteiger partial charge in [0.1, 0.15) is 0 Å². The van der Waals surface area contributed by atoms with Crippen molar-refractivity contribution in [2.45, 2.75) is 27.7 Å². The SMILES string of the molecule is C/C=C\N=C(C)C(C)=N/C=C(\C)c1cc2ccccc2s1. The number of thiophene rings is 1. The van der Waals surface area contributed by atoms with Crippen molar-refractivity contribution in [3.63, 3.8) is 0 Å². The maximum Gasteiger partial charge on any atom is 0.0584 e. The van der Waals surface area contributed by atoms with E-state index in [4.69, 9.17) is 0 Å². The van der Waals surface area contributed by atoms with Gasteiger partial charge in [0.2, 0.25) is 0 Å². The van der Waals surface area contributed by atoms with Crippen molar-refractivity contribution in [3.05, 3.63) is 53.7 Å². The normalized spacial score (nSPS) is 14.4. The fraction of sp³-hybridized carbons (Fsp3) is 0.222. The number of hydrogen-bond acceptors (Lipinski definition) is 3. The Morgan fingerprint density at radius 1 is 1.05 bits per heavy atom. The van der Waals surface area contributed by atoms with E-state index in [0.29, 0.717) is 0 Å². The van der Waals surface area contributed by atoms with Crippen LogP contribution < -0.4 is 0 Å². The smallest absolute Gasteiger partial charge is 0.0584 e. The van der Waals surface area contributed by atoms with Crippen LogP contribution in [-0.4, -0.2) is 11.4 Å². The van der Waals surface area contributed by atoms with E-state index in [-0.39, 0.29) is 0 Å². The maximum atomic E-state index is 4.52. The van der Waals surface area contributed by atoms with Crippen molar-refractivity contribution in [2.75, 3.05) is 0 Å². The predicted octanol–water partition coefficient (Wildman–Crippen LogP) is 5.72.